The van der Waals surface area contributed by atoms with E-state index in [0.717, 1.165) is 18.9 Å². The van der Waals surface area contributed by atoms with E-state index in [1.807, 2.05) is 0 Å². The fourth-order valence-electron chi connectivity index (χ4n) is 1.91. The number of hydrogen-bond acceptors (Lipinski definition) is 3. The van der Waals surface area contributed by atoms with Gasteiger partial charge in [-0.25, -0.2) is 9.59 Å². The van der Waals surface area contributed by atoms with Gasteiger partial charge in [0.2, 0.25) is 0 Å². The fourth-order valence-corrected chi connectivity index (χ4v) is 1.91. The molecule has 1 fully saturated rings. The van der Waals surface area contributed by atoms with Crippen molar-refractivity contribution in [2.75, 3.05) is 26.3 Å². The Labute approximate surface area is 120 Å². The number of aliphatic carboxylic acids is 1. The number of likely N-dealkylation sites (N-methyl/N-ethyl adjacent to an activating group) is 1. The summed E-state index contributed by atoms with van der Waals surface area (Å²) < 4.78 is 5.47. The summed E-state index contributed by atoms with van der Waals surface area (Å²) in [7, 11) is 0. The van der Waals surface area contributed by atoms with Gasteiger partial charge in [-0.2, -0.15) is 0 Å². The average molecular weight is 286 g/mol. The second-order valence-corrected chi connectivity index (χ2v) is 5.71. The number of nitrogens with one attached hydrogen (secondary N) is 1. The van der Waals surface area contributed by atoms with Crippen molar-refractivity contribution >= 4 is 12.0 Å². The van der Waals surface area contributed by atoms with Gasteiger partial charge >= 0.3 is 12.0 Å². The summed E-state index contributed by atoms with van der Waals surface area (Å²) in [5.41, 5.74) is -1.21. The summed E-state index contributed by atoms with van der Waals surface area (Å²) in [6, 6.07) is -0.345. The summed E-state index contributed by atoms with van der Waals surface area (Å²) in [6.45, 7) is 7.11. The van der Waals surface area contributed by atoms with Crippen LogP contribution >= 0.6 is 0 Å². The summed E-state index contributed by atoms with van der Waals surface area (Å²) >= 11 is 0. The van der Waals surface area contributed by atoms with Gasteiger partial charge in [-0.05, 0) is 46.0 Å². The van der Waals surface area contributed by atoms with Gasteiger partial charge in [-0.15, -0.1) is 0 Å². The molecule has 6 nitrogen and oxygen atoms in total. The van der Waals surface area contributed by atoms with Crippen LogP contribution in [0, 0.1) is 5.92 Å². The van der Waals surface area contributed by atoms with Crippen LogP contribution in [-0.4, -0.2) is 53.8 Å². The van der Waals surface area contributed by atoms with E-state index in [1.165, 1.54) is 31.6 Å². The van der Waals surface area contributed by atoms with E-state index in [-0.39, 0.29) is 6.03 Å². The van der Waals surface area contributed by atoms with Crippen molar-refractivity contribution in [2.24, 2.45) is 5.92 Å². The molecule has 0 radical (unpaired) electrons. The highest BCUT2D eigenvalue weighted by Crippen LogP contribution is 2.28. The number of carbonyl (C=O) groups excluding carboxylic acids is 1. The topological polar surface area (TPSA) is 78.9 Å². The summed E-state index contributed by atoms with van der Waals surface area (Å²) in [4.78, 5) is 24.5. The molecule has 1 rings (SSSR count). The molecule has 20 heavy (non-hydrogen) atoms. The zero-order valence-corrected chi connectivity index (χ0v) is 12.6. The molecule has 0 aromatic carbocycles. The minimum Gasteiger partial charge on any atom is -0.480 e. The van der Waals surface area contributed by atoms with Crippen LogP contribution in [0.4, 0.5) is 4.79 Å². The van der Waals surface area contributed by atoms with Crippen molar-refractivity contribution in [2.45, 2.75) is 45.6 Å². The largest absolute Gasteiger partial charge is 0.480 e. The van der Waals surface area contributed by atoms with E-state index < -0.39 is 11.5 Å². The minimum absolute atomic E-state index is 0.345. The first kappa shape index (κ1) is 16.8. The van der Waals surface area contributed by atoms with Gasteiger partial charge in [-0.3, -0.25) is 0 Å². The molecule has 1 saturated carbocycles. The SMILES string of the molecule is CCN(C(=O)NCCCOCC1CC1)C(C)(C)C(=O)O. The minimum atomic E-state index is -1.21. The molecule has 1 aliphatic carbocycles. The molecular weight excluding hydrogens is 260 g/mol. The highest BCUT2D eigenvalue weighted by atomic mass is 16.5. The average Bonchev–Trinajstić information content (AvgIpc) is 3.17. The van der Waals surface area contributed by atoms with Crippen LogP contribution in [0.2, 0.25) is 0 Å². The summed E-state index contributed by atoms with van der Waals surface area (Å²) in [5.74, 6) is -0.265. The quantitative estimate of drug-likeness (QED) is 0.632. The van der Waals surface area contributed by atoms with Gasteiger partial charge in [0.05, 0.1) is 0 Å². The zero-order valence-electron chi connectivity index (χ0n) is 12.6. The van der Waals surface area contributed by atoms with Crippen molar-refractivity contribution in [3.63, 3.8) is 0 Å². The Morgan fingerprint density at radius 1 is 1.40 bits per heavy atom. The van der Waals surface area contributed by atoms with E-state index in [0.29, 0.717) is 19.7 Å². The number of nitrogens with zero attached hydrogens (tertiary/aromatic N) is 1. The predicted molar refractivity (Wildman–Crippen MR) is 75.7 cm³/mol. The lowest BCUT2D eigenvalue weighted by Gasteiger charge is -2.34. The van der Waals surface area contributed by atoms with Crippen LogP contribution in [0.3, 0.4) is 0 Å². The third-order valence-electron chi connectivity index (χ3n) is 3.55. The molecule has 1 aliphatic rings. The normalized spacial score (nSPS) is 14.9. The highest BCUT2D eigenvalue weighted by Gasteiger charge is 2.36. The Morgan fingerprint density at radius 2 is 2.05 bits per heavy atom. The molecule has 2 amide bonds. The Balaban J connectivity index is 2.22. The molecule has 0 heterocycles. The summed E-state index contributed by atoms with van der Waals surface area (Å²) in [5, 5.41) is 11.9. The molecule has 0 aliphatic heterocycles. The zero-order chi connectivity index (χ0) is 15.2. The Bertz CT molecular complexity index is 340. The molecule has 0 atom stereocenters. The fraction of sp³-hybridized carbons (Fsp3) is 0.857. The number of hydrogen-bond donors (Lipinski definition) is 2. The maximum absolute atomic E-state index is 12.0. The first-order chi connectivity index (χ1) is 9.39. The van der Waals surface area contributed by atoms with Gasteiger partial charge in [0, 0.05) is 26.3 Å². The number of rotatable bonds is 9. The molecule has 0 aromatic rings. The van der Waals surface area contributed by atoms with Crippen LogP contribution in [0.25, 0.3) is 0 Å². The first-order valence-electron chi connectivity index (χ1n) is 7.26. The third-order valence-corrected chi connectivity index (χ3v) is 3.55. The number of carboxylic acids is 1. The van der Waals surface area contributed by atoms with Crippen LogP contribution < -0.4 is 5.32 Å². The smallest absolute Gasteiger partial charge is 0.329 e. The number of ether oxygens (including phenoxy) is 1. The van der Waals surface area contributed by atoms with Gasteiger partial charge in [0.1, 0.15) is 5.54 Å². The molecule has 6 heteroatoms. The van der Waals surface area contributed by atoms with Crippen molar-refractivity contribution in [3.05, 3.63) is 0 Å². The van der Waals surface area contributed by atoms with Crippen molar-refractivity contribution < 1.29 is 19.4 Å². The summed E-state index contributed by atoms with van der Waals surface area (Å²) in [6.07, 6.45) is 3.28. The van der Waals surface area contributed by atoms with Crippen LogP contribution in [0.1, 0.15) is 40.0 Å². The van der Waals surface area contributed by atoms with Gasteiger partial charge in [-0.1, -0.05) is 0 Å². The molecule has 0 saturated heterocycles. The van der Waals surface area contributed by atoms with Crippen molar-refractivity contribution in [1.29, 1.82) is 0 Å². The van der Waals surface area contributed by atoms with E-state index in [1.54, 1.807) is 6.92 Å². The molecule has 0 unspecified atom stereocenters. The van der Waals surface area contributed by atoms with Crippen LogP contribution in [0.5, 0.6) is 0 Å². The molecule has 0 aromatic heterocycles. The van der Waals surface area contributed by atoms with Gasteiger partial charge in [0.25, 0.3) is 0 Å². The Morgan fingerprint density at radius 3 is 2.55 bits per heavy atom. The van der Waals surface area contributed by atoms with E-state index >= 15 is 0 Å². The molecule has 2 N–H and O–H groups in total. The predicted octanol–water partition coefficient (Wildman–Crippen LogP) is 1.70. The molecule has 116 valence electrons. The Hall–Kier alpha value is -1.30. The molecule has 0 spiro atoms. The lowest BCUT2D eigenvalue weighted by Crippen LogP contribution is -2.56. The maximum Gasteiger partial charge on any atom is 0.329 e. The lowest BCUT2D eigenvalue weighted by atomic mass is 10.0. The number of carboxylic acid groups (broad SMARTS) is 1. The van der Waals surface area contributed by atoms with E-state index in [4.69, 9.17) is 9.84 Å². The monoisotopic (exact) mass is 286 g/mol. The van der Waals surface area contributed by atoms with E-state index in [9.17, 15) is 9.59 Å². The number of carbonyl (C=O) groups is 2. The lowest BCUT2D eigenvalue weighted by molar-refractivity contribution is -0.147. The number of urea groups is 1. The standard InChI is InChI=1S/C14H26N2O4/c1-4-16(14(2,3)12(17)18)13(19)15-8-5-9-20-10-11-6-7-11/h11H,4-10H2,1-3H3,(H,15,19)(H,17,18). The second-order valence-electron chi connectivity index (χ2n) is 5.71. The first-order valence-corrected chi connectivity index (χ1v) is 7.26. The second kappa shape index (κ2) is 7.47. The highest BCUT2D eigenvalue weighted by molar-refractivity contribution is 5.85. The van der Waals surface area contributed by atoms with Crippen molar-refractivity contribution in [1.82, 2.24) is 10.2 Å². The Kier molecular flexibility index (Phi) is 6.26. The van der Waals surface area contributed by atoms with E-state index in [2.05, 4.69) is 5.32 Å². The molecule has 0 bridgehead atoms. The van der Waals surface area contributed by atoms with Gasteiger partial charge < -0.3 is 20.1 Å². The van der Waals surface area contributed by atoms with Crippen LogP contribution in [-0.2, 0) is 9.53 Å². The maximum atomic E-state index is 12.0. The number of amides is 2. The molecular formula is C14H26N2O4. The third kappa shape index (κ3) is 5.00. The van der Waals surface area contributed by atoms with Gasteiger partial charge in [0.15, 0.2) is 0 Å². The van der Waals surface area contributed by atoms with Crippen molar-refractivity contribution in [3.8, 4) is 0 Å². The van der Waals surface area contributed by atoms with Crippen LogP contribution in [0.15, 0.2) is 0 Å².